The van der Waals surface area contributed by atoms with Gasteiger partial charge in [-0.2, -0.15) is 0 Å². The Balaban J connectivity index is 1.85. The third kappa shape index (κ3) is 2.19. The Morgan fingerprint density at radius 3 is 3.00 bits per heavy atom. The molecule has 0 aromatic heterocycles. The van der Waals surface area contributed by atoms with E-state index in [1.54, 1.807) is 0 Å². The van der Waals surface area contributed by atoms with Crippen LogP contribution in [0.3, 0.4) is 0 Å². The second kappa shape index (κ2) is 4.67. The SMILES string of the molecule is CC1(C)CCCCC1Nc1cccc2c1N=[Se]=N2. The second-order valence-electron chi connectivity index (χ2n) is 5.87. The van der Waals surface area contributed by atoms with E-state index in [0.717, 1.165) is 11.4 Å². The van der Waals surface area contributed by atoms with Gasteiger partial charge in [-0.25, -0.2) is 0 Å². The van der Waals surface area contributed by atoms with E-state index in [0.29, 0.717) is 11.5 Å². The fourth-order valence-electron chi connectivity index (χ4n) is 2.87. The van der Waals surface area contributed by atoms with Crippen LogP contribution < -0.4 is 5.32 Å². The Bertz CT molecular complexity index is 530. The summed E-state index contributed by atoms with van der Waals surface area (Å²) in [6.07, 6.45) is 5.27. The molecule has 2 aliphatic rings. The molecule has 1 fully saturated rings. The third-order valence-electron chi connectivity index (χ3n) is 4.12. The monoisotopic (exact) mass is 309 g/mol. The van der Waals surface area contributed by atoms with Crippen LogP contribution in [0.15, 0.2) is 26.1 Å². The Hall–Kier alpha value is -0.861. The first-order chi connectivity index (χ1) is 8.67. The maximum absolute atomic E-state index is 4.55. The molecule has 4 heteroatoms. The van der Waals surface area contributed by atoms with Gasteiger partial charge in [0.1, 0.15) is 0 Å². The zero-order valence-electron chi connectivity index (χ0n) is 10.9. The van der Waals surface area contributed by atoms with Crippen molar-refractivity contribution in [3.63, 3.8) is 0 Å². The minimum atomic E-state index is 0.0577. The molecule has 1 saturated carbocycles. The quantitative estimate of drug-likeness (QED) is 0.819. The summed E-state index contributed by atoms with van der Waals surface area (Å²) < 4.78 is 8.99. The average Bonchev–Trinajstić information content (AvgIpc) is 2.81. The van der Waals surface area contributed by atoms with Crippen LogP contribution in [0.25, 0.3) is 0 Å². The van der Waals surface area contributed by atoms with Crippen LogP contribution in [-0.4, -0.2) is 20.6 Å². The van der Waals surface area contributed by atoms with Gasteiger partial charge in [0.05, 0.1) is 0 Å². The van der Waals surface area contributed by atoms with E-state index in [-0.39, 0.29) is 14.6 Å². The molecule has 18 heavy (non-hydrogen) atoms. The predicted octanol–water partition coefficient (Wildman–Crippen LogP) is 4.42. The van der Waals surface area contributed by atoms with Crippen LogP contribution in [0.4, 0.5) is 17.1 Å². The van der Waals surface area contributed by atoms with Gasteiger partial charge in [-0.1, -0.05) is 0 Å². The Morgan fingerprint density at radius 1 is 1.28 bits per heavy atom. The Kier molecular flexibility index (Phi) is 3.16. The van der Waals surface area contributed by atoms with Crippen molar-refractivity contribution in [1.29, 1.82) is 0 Å². The van der Waals surface area contributed by atoms with Crippen molar-refractivity contribution in [2.75, 3.05) is 5.32 Å². The van der Waals surface area contributed by atoms with Gasteiger partial charge in [-0.05, 0) is 0 Å². The predicted molar refractivity (Wildman–Crippen MR) is 76.0 cm³/mol. The van der Waals surface area contributed by atoms with Gasteiger partial charge in [0.25, 0.3) is 0 Å². The molecule has 1 aromatic carbocycles. The van der Waals surface area contributed by atoms with Crippen LogP contribution in [0.1, 0.15) is 39.5 Å². The van der Waals surface area contributed by atoms with E-state index in [9.17, 15) is 0 Å². The molecule has 1 aromatic rings. The van der Waals surface area contributed by atoms with Crippen molar-refractivity contribution >= 4 is 31.6 Å². The molecule has 1 N–H and O–H groups in total. The van der Waals surface area contributed by atoms with E-state index in [1.165, 1.54) is 31.4 Å². The van der Waals surface area contributed by atoms with Crippen LogP contribution in [0.5, 0.6) is 0 Å². The molecule has 0 spiro atoms. The molecular weight excluding hydrogens is 289 g/mol. The van der Waals surface area contributed by atoms with E-state index in [1.807, 2.05) is 0 Å². The van der Waals surface area contributed by atoms with Gasteiger partial charge < -0.3 is 0 Å². The molecule has 0 bridgehead atoms. The number of benzene rings is 1. The first kappa shape index (κ1) is 12.2. The summed E-state index contributed by atoms with van der Waals surface area (Å²) >= 11 is 0.0577. The molecule has 1 atom stereocenters. The first-order valence-corrected chi connectivity index (χ1v) is 8.18. The molecule has 96 valence electrons. The first-order valence-electron chi connectivity index (χ1n) is 6.65. The number of hydrogen-bond acceptors (Lipinski definition) is 3. The molecule has 1 aliphatic carbocycles. The average molecular weight is 308 g/mol. The number of rotatable bonds is 2. The van der Waals surface area contributed by atoms with Crippen molar-refractivity contribution in [2.45, 2.75) is 45.6 Å². The summed E-state index contributed by atoms with van der Waals surface area (Å²) in [5.41, 5.74) is 3.70. The summed E-state index contributed by atoms with van der Waals surface area (Å²) in [6, 6.07) is 6.84. The number of hydrogen-bond donors (Lipinski definition) is 1. The third-order valence-corrected chi connectivity index (χ3v) is 5.26. The standard InChI is InChI=1S/C14H19N3Se/c1-14(2)9-4-3-8-12(14)15-10-6-5-7-11-13(10)17-18-16-11/h5-7,12,15H,3-4,8-9H2,1-2H3. The summed E-state index contributed by atoms with van der Waals surface area (Å²) in [4.78, 5) is 0. The zero-order chi connectivity index (χ0) is 12.6. The maximum atomic E-state index is 4.55. The van der Waals surface area contributed by atoms with E-state index < -0.39 is 0 Å². The van der Waals surface area contributed by atoms with Crippen LogP contribution in [0, 0.1) is 5.41 Å². The van der Waals surface area contributed by atoms with Crippen molar-refractivity contribution in [3.05, 3.63) is 18.2 Å². The van der Waals surface area contributed by atoms with Crippen molar-refractivity contribution in [2.24, 2.45) is 13.3 Å². The molecule has 3 rings (SSSR count). The molecule has 1 aliphatic heterocycles. The topological polar surface area (TPSA) is 36.8 Å². The summed E-state index contributed by atoms with van der Waals surface area (Å²) in [5, 5.41) is 3.73. The van der Waals surface area contributed by atoms with Gasteiger partial charge in [0.2, 0.25) is 0 Å². The fraction of sp³-hybridized carbons (Fsp3) is 0.571. The van der Waals surface area contributed by atoms with Crippen LogP contribution >= 0.6 is 0 Å². The Morgan fingerprint density at radius 2 is 2.17 bits per heavy atom. The zero-order valence-corrected chi connectivity index (χ0v) is 12.7. The normalized spacial score (nSPS) is 24.4. The van der Waals surface area contributed by atoms with E-state index in [2.05, 4.69) is 45.3 Å². The van der Waals surface area contributed by atoms with E-state index >= 15 is 0 Å². The van der Waals surface area contributed by atoms with E-state index in [4.69, 9.17) is 0 Å². The second-order valence-corrected chi connectivity index (χ2v) is 6.98. The number of nitrogens with zero attached hydrogens (tertiary/aromatic N) is 2. The molecular formula is C14H19N3Se. The van der Waals surface area contributed by atoms with Gasteiger partial charge in [0, 0.05) is 0 Å². The summed E-state index contributed by atoms with van der Waals surface area (Å²) in [7, 11) is 0. The van der Waals surface area contributed by atoms with Crippen molar-refractivity contribution in [1.82, 2.24) is 0 Å². The minimum absolute atomic E-state index is 0.0577. The van der Waals surface area contributed by atoms with Crippen LogP contribution in [0.2, 0.25) is 0 Å². The molecule has 0 saturated heterocycles. The summed E-state index contributed by atoms with van der Waals surface area (Å²) in [6.45, 7) is 4.75. The van der Waals surface area contributed by atoms with Crippen molar-refractivity contribution in [3.8, 4) is 0 Å². The number of nitrogens with one attached hydrogen (secondary N) is 1. The van der Waals surface area contributed by atoms with Crippen molar-refractivity contribution < 1.29 is 0 Å². The number of fused-ring (bicyclic) bond motifs is 1. The fourth-order valence-corrected chi connectivity index (χ4v) is 4.03. The molecule has 3 nitrogen and oxygen atoms in total. The number of anilines is 1. The van der Waals surface area contributed by atoms with Gasteiger partial charge in [-0.15, -0.1) is 0 Å². The molecule has 0 amide bonds. The summed E-state index contributed by atoms with van der Waals surface area (Å²) in [5.74, 6) is 0. The van der Waals surface area contributed by atoms with Gasteiger partial charge in [-0.3, -0.25) is 0 Å². The molecule has 0 radical (unpaired) electrons. The molecule has 1 heterocycles. The molecule has 1 unspecified atom stereocenters. The van der Waals surface area contributed by atoms with Gasteiger partial charge in [0.15, 0.2) is 0 Å². The van der Waals surface area contributed by atoms with Crippen LogP contribution in [-0.2, 0) is 0 Å². The Labute approximate surface area is 114 Å². The van der Waals surface area contributed by atoms with Gasteiger partial charge >= 0.3 is 114 Å².